The summed E-state index contributed by atoms with van der Waals surface area (Å²) < 4.78 is 32.3. The van der Waals surface area contributed by atoms with Crippen molar-refractivity contribution in [3.8, 4) is 0 Å². The molecular weight excluding hydrogens is 250 g/mol. The topological polar surface area (TPSA) is 55.4 Å². The average Bonchev–Trinajstić information content (AvgIpc) is 2.81. The van der Waals surface area contributed by atoms with Crippen molar-refractivity contribution in [3.05, 3.63) is 35.4 Å². The standard InChI is InChI=1S/C13H17NO3S/c1-10-2-4-11(5-3-10)8-18(15,16)14-13-6-12(13)7-17-9-13/h2-5,12,14H,6-9H2,1H3/t12-,13-/m0/s1. The largest absolute Gasteiger partial charge is 0.379 e. The first kappa shape index (κ1) is 12.1. The minimum Gasteiger partial charge on any atom is -0.379 e. The van der Waals surface area contributed by atoms with Crippen LogP contribution >= 0.6 is 0 Å². The molecule has 1 aromatic carbocycles. The van der Waals surface area contributed by atoms with Crippen LogP contribution in [0, 0.1) is 12.8 Å². The van der Waals surface area contributed by atoms with Crippen LogP contribution in [0.3, 0.4) is 0 Å². The van der Waals surface area contributed by atoms with E-state index >= 15 is 0 Å². The number of ether oxygens (including phenoxy) is 1. The van der Waals surface area contributed by atoms with Gasteiger partial charge in [-0.25, -0.2) is 13.1 Å². The third kappa shape index (κ3) is 2.30. The minimum atomic E-state index is -3.28. The van der Waals surface area contributed by atoms with Crippen LogP contribution in [0.2, 0.25) is 0 Å². The molecule has 2 aliphatic rings. The van der Waals surface area contributed by atoms with Crippen molar-refractivity contribution in [2.45, 2.75) is 24.6 Å². The fraction of sp³-hybridized carbons (Fsp3) is 0.538. The lowest BCUT2D eigenvalue weighted by Gasteiger charge is -2.14. The molecule has 5 heteroatoms. The average molecular weight is 267 g/mol. The van der Waals surface area contributed by atoms with Crippen molar-refractivity contribution in [1.29, 1.82) is 0 Å². The zero-order valence-corrected chi connectivity index (χ0v) is 11.2. The number of fused-ring (bicyclic) bond motifs is 1. The van der Waals surface area contributed by atoms with Gasteiger partial charge < -0.3 is 4.74 Å². The Hall–Kier alpha value is -0.910. The van der Waals surface area contributed by atoms with E-state index in [0.29, 0.717) is 19.1 Å². The number of aryl methyl sites for hydroxylation is 1. The molecule has 4 nitrogen and oxygen atoms in total. The maximum Gasteiger partial charge on any atom is 0.216 e. The summed E-state index contributed by atoms with van der Waals surface area (Å²) in [6, 6.07) is 7.59. The van der Waals surface area contributed by atoms with Crippen LogP contribution in [0.15, 0.2) is 24.3 Å². The molecule has 1 saturated carbocycles. The van der Waals surface area contributed by atoms with Crippen LogP contribution in [0.5, 0.6) is 0 Å². The van der Waals surface area contributed by atoms with E-state index in [-0.39, 0.29) is 11.3 Å². The summed E-state index contributed by atoms with van der Waals surface area (Å²) in [5.41, 5.74) is 1.67. The van der Waals surface area contributed by atoms with Gasteiger partial charge in [0.2, 0.25) is 10.0 Å². The molecule has 0 amide bonds. The van der Waals surface area contributed by atoms with Crippen molar-refractivity contribution in [2.24, 2.45) is 5.92 Å². The summed E-state index contributed by atoms with van der Waals surface area (Å²) in [5, 5.41) is 0. The number of nitrogens with one attached hydrogen (secondary N) is 1. The number of hydrogen-bond acceptors (Lipinski definition) is 3. The van der Waals surface area contributed by atoms with Gasteiger partial charge in [-0.2, -0.15) is 0 Å². The second-order valence-electron chi connectivity index (χ2n) is 5.42. The number of benzene rings is 1. The minimum absolute atomic E-state index is 0.0434. The molecule has 1 aliphatic heterocycles. The Balaban J connectivity index is 1.70. The van der Waals surface area contributed by atoms with Crippen molar-refractivity contribution in [1.82, 2.24) is 4.72 Å². The lowest BCUT2D eigenvalue weighted by Crippen LogP contribution is -2.40. The molecule has 0 radical (unpaired) electrons. The predicted molar refractivity (Wildman–Crippen MR) is 68.6 cm³/mol. The quantitative estimate of drug-likeness (QED) is 0.892. The zero-order valence-electron chi connectivity index (χ0n) is 10.3. The van der Waals surface area contributed by atoms with Crippen LogP contribution in [0.25, 0.3) is 0 Å². The number of rotatable bonds is 4. The van der Waals surface area contributed by atoms with Gasteiger partial charge in [-0.1, -0.05) is 29.8 Å². The van der Waals surface area contributed by atoms with Gasteiger partial charge >= 0.3 is 0 Å². The van der Waals surface area contributed by atoms with Gasteiger partial charge in [-0.05, 0) is 18.9 Å². The highest BCUT2D eigenvalue weighted by Crippen LogP contribution is 2.48. The molecule has 0 bridgehead atoms. The lowest BCUT2D eigenvalue weighted by molar-refractivity contribution is 0.158. The molecule has 98 valence electrons. The fourth-order valence-electron chi connectivity index (χ4n) is 2.56. The zero-order chi connectivity index (χ0) is 12.8. The number of hydrogen-bond donors (Lipinski definition) is 1. The highest BCUT2D eigenvalue weighted by Gasteiger charge is 2.60. The monoisotopic (exact) mass is 267 g/mol. The highest BCUT2D eigenvalue weighted by atomic mass is 32.2. The summed E-state index contributed by atoms with van der Waals surface area (Å²) in [7, 11) is -3.28. The van der Waals surface area contributed by atoms with E-state index in [1.165, 1.54) is 0 Å². The molecule has 1 heterocycles. The Morgan fingerprint density at radius 1 is 1.39 bits per heavy atom. The summed E-state index contributed by atoms with van der Waals surface area (Å²) >= 11 is 0. The van der Waals surface area contributed by atoms with Crippen molar-refractivity contribution in [3.63, 3.8) is 0 Å². The van der Waals surface area contributed by atoms with Crippen LogP contribution < -0.4 is 4.72 Å². The van der Waals surface area contributed by atoms with Crippen LogP contribution in [-0.2, 0) is 20.5 Å². The summed E-state index contributed by atoms with van der Waals surface area (Å²) in [6.07, 6.45) is 0.917. The molecule has 0 unspecified atom stereocenters. The molecule has 1 aromatic rings. The Morgan fingerprint density at radius 2 is 2.11 bits per heavy atom. The first-order chi connectivity index (χ1) is 8.49. The maximum atomic E-state index is 12.1. The van der Waals surface area contributed by atoms with E-state index in [4.69, 9.17) is 4.74 Å². The van der Waals surface area contributed by atoms with Gasteiger partial charge in [0.25, 0.3) is 0 Å². The van der Waals surface area contributed by atoms with Gasteiger partial charge in [0.05, 0.1) is 24.5 Å². The Morgan fingerprint density at radius 3 is 2.67 bits per heavy atom. The number of sulfonamides is 1. The third-order valence-electron chi connectivity index (χ3n) is 3.75. The van der Waals surface area contributed by atoms with Gasteiger partial charge in [0, 0.05) is 5.92 Å². The van der Waals surface area contributed by atoms with E-state index in [9.17, 15) is 8.42 Å². The molecule has 3 rings (SSSR count). The van der Waals surface area contributed by atoms with Gasteiger partial charge in [-0.15, -0.1) is 0 Å². The van der Waals surface area contributed by atoms with Crippen LogP contribution in [0.4, 0.5) is 0 Å². The first-order valence-electron chi connectivity index (χ1n) is 6.14. The summed E-state index contributed by atoms with van der Waals surface area (Å²) in [5.74, 6) is 0.423. The highest BCUT2D eigenvalue weighted by molar-refractivity contribution is 7.88. The van der Waals surface area contributed by atoms with E-state index in [2.05, 4.69) is 4.72 Å². The second-order valence-corrected chi connectivity index (χ2v) is 7.14. The van der Waals surface area contributed by atoms with Gasteiger partial charge in [0.15, 0.2) is 0 Å². The lowest BCUT2D eigenvalue weighted by atomic mass is 10.2. The molecule has 2 atom stereocenters. The maximum absolute atomic E-state index is 12.1. The second kappa shape index (κ2) is 4.05. The third-order valence-corrected chi connectivity index (χ3v) is 5.18. The van der Waals surface area contributed by atoms with E-state index in [1.807, 2.05) is 31.2 Å². The van der Waals surface area contributed by atoms with Crippen LogP contribution in [0.1, 0.15) is 17.5 Å². The van der Waals surface area contributed by atoms with Crippen LogP contribution in [-0.4, -0.2) is 27.2 Å². The molecule has 0 spiro atoms. The molecule has 2 fully saturated rings. The Kier molecular flexibility index (Phi) is 2.73. The molecule has 1 saturated heterocycles. The molecular formula is C13H17NO3S. The fourth-order valence-corrected chi connectivity index (χ4v) is 4.20. The predicted octanol–water partition coefficient (Wildman–Crippen LogP) is 1.20. The normalized spacial score (nSPS) is 30.2. The Labute approximate surface area is 107 Å². The van der Waals surface area contributed by atoms with E-state index < -0.39 is 10.0 Å². The van der Waals surface area contributed by atoms with E-state index in [0.717, 1.165) is 17.5 Å². The summed E-state index contributed by atoms with van der Waals surface area (Å²) in [6.45, 7) is 3.19. The smallest absolute Gasteiger partial charge is 0.216 e. The van der Waals surface area contributed by atoms with Crippen molar-refractivity contribution < 1.29 is 13.2 Å². The molecule has 0 aromatic heterocycles. The molecule has 1 N–H and O–H groups in total. The van der Waals surface area contributed by atoms with Crippen molar-refractivity contribution >= 4 is 10.0 Å². The van der Waals surface area contributed by atoms with Gasteiger partial charge in [-0.3, -0.25) is 0 Å². The molecule has 1 aliphatic carbocycles. The summed E-state index contributed by atoms with van der Waals surface area (Å²) in [4.78, 5) is 0. The van der Waals surface area contributed by atoms with Gasteiger partial charge in [0.1, 0.15) is 0 Å². The first-order valence-corrected chi connectivity index (χ1v) is 7.79. The Bertz CT molecular complexity index is 552. The molecule has 18 heavy (non-hydrogen) atoms. The van der Waals surface area contributed by atoms with Crippen molar-refractivity contribution in [2.75, 3.05) is 13.2 Å². The van der Waals surface area contributed by atoms with E-state index in [1.54, 1.807) is 0 Å². The SMILES string of the molecule is Cc1ccc(CS(=O)(=O)N[C@@]23COC[C@@H]2C3)cc1.